The number of unbranched alkanes of at least 4 members (excludes halogenated alkanes) is 1. The minimum absolute atomic E-state index is 0.0393. The number of likely N-dealkylation sites (N-methyl/N-ethyl adjacent to an activating group) is 1. The number of nitrogens with one attached hydrogen (secondary N) is 2. The maximum absolute atomic E-state index is 11.5. The molecule has 0 aromatic rings. The highest BCUT2D eigenvalue weighted by molar-refractivity contribution is 5.85. The lowest BCUT2D eigenvalue weighted by Gasteiger charge is -2.22. The van der Waals surface area contributed by atoms with Crippen molar-refractivity contribution in [3.8, 4) is 0 Å². The third-order valence-electron chi connectivity index (χ3n) is 2.25. The Bertz CT molecular complexity index is 170. The maximum Gasteiger partial charge on any atom is 0.239 e. The molecule has 0 radical (unpaired) electrons. The normalized spacial score (nSPS) is 11.4. The van der Waals surface area contributed by atoms with Gasteiger partial charge < -0.3 is 15.4 Å². The van der Waals surface area contributed by atoms with Crippen molar-refractivity contribution in [1.82, 2.24) is 10.6 Å². The first-order chi connectivity index (χ1) is 6.54. The standard InChI is InChI=1S/C10H22N2O2/c1-10(2,11-3)9(13)12-7-5-6-8-14-4/h11H,5-8H2,1-4H3,(H,12,13). The lowest BCUT2D eigenvalue weighted by Crippen LogP contribution is -2.51. The molecule has 0 fully saturated rings. The van der Waals surface area contributed by atoms with E-state index in [9.17, 15) is 4.79 Å². The zero-order valence-electron chi connectivity index (χ0n) is 9.64. The summed E-state index contributed by atoms with van der Waals surface area (Å²) >= 11 is 0. The Morgan fingerprint density at radius 1 is 1.36 bits per heavy atom. The molecule has 4 nitrogen and oxygen atoms in total. The number of hydrogen-bond acceptors (Lipinski definition) is 3. The van der Waals surface area contributed by atoms with Crippen LogP contribution in [0.4, 0.5) is 0 Å². The second-order valence-electron chi connectivity index (χ2n) is 3.83. The summed E-state index contributed by atoms with van der Waals surface area (Å²) in [6, 6.07) is 0. The molecule has 1 amide bonds. The number of methoxy groups -OCH3 is 1. The smallest absolute Gasteiger partial charge is 0.239 e. The average Bonchev–Trinajstić information content (AvgIpc) is 2.17. The lowest BCUT2D eigenvalue weighted by atomic mass is 10.1. The van der Waals surface area contributed by atoms with Crippen molar-refractivity contribution in [3.63, 3.8) is 0 Å². The minimum Gasteiger partial charge on any atom is -0.385 e. The topological polar surface area (TPSA) is 50.4 Å². The molecule has 0 bridgehead atoms. The molecule has 0 aromatic heterocycles. The molecule has 0 aromatic carbocycles. The quantitative estimate of drug-likeness (QED) is 0.592. The van der Waals surface area contributed by atoms with Crippen molar-refractivity contribution >= 4 is 5.91 Å². The summed E-state index contributed by atoms with van der Waals surface area (Å²) in [6.45, 7) is 5.19. The van der Waals surface area contributed by atoms with Crippen LogP contribution in [-0.2, 0) is 9.53 Å². The molecule has 84 valence electrons. The van der Waals surface area contributed by atoms with E-state index >= 15 is 0 Å². The van der Waals surface area contributed by atoms with Gasteiger partial charge in [0.05, 0.1) is 5.54 Å². The number of rotatable bonds is 7. The molecule has 0 rings (SSSR count). The van der Waals surface area contributed by atoms with Gasteiger partial charge in [-0.1, -0.05) is 0 Å². The molecular formula is C10H22N2O2. The summed E-state index contributed by atoms with van der Waals surface area (Å²) in [5.41, 5.74) is -0.485. The summed E-state index contributed by atoms with van der Waals surface area (Å²) in [7, 11) is 3.47. The molecular weight excluding hydrogens is 180 g/mol. The van der Waals surface area contributed by atoms with Crippen LogP contribution >= 0.6 is 0 Å². The lowest BCUT2D eigenvalue weighted by molar-refractivity contribution is -0.126. The number of carbonyl (C=O) groups excluding carboxylic acids is 1. The van der Waals surface area contributed by atoms with Crippen molar-refractivity contribution in [1.29, 1.82) is 0 Å². The van der Waals surface area contributed by atoms with E-state index in [2.05, 4.69) is 10.6 Å². The van der Waals surface area contributed by atoms with Crippen LogP contribution < -0.4 is 10.6 Å². The van der Waals surface area contributed by atoms with Crippen LogP contribution in [0.2, 0.25) is 0 Å². The van der Waals surface area contributed by atoms with E-state index in [4.69, 9.17) is 4.74 Å². The molecule has 14 heavy (non-hydrogen) atoms. The van der Waals surface area contributed by atoms with Gasteiger partial charge in [-0.3, -0.25) is 4.79 Å². The van der Waals surface area contributed by atoms with Gasteiger partial charge in [0.15, 0.2) is 0 Å². The first-order valence-corrected chi connectivity index (χ1v) is 5.00. The van der Waals surface area contributed by atoms with Gasteiger partial charge in [0.2, 0.25) is 5.91 Å². The predicted octanol–water partition coefficient (Wildman–Crippen LogP) is 0.527. The van der Waals surface area contributed by atoms with Crippen LogP contribution in [0.5, 0.6) is 0 Å². The molecule has 0 saturated heterocycles. The van der Waals surface area contributed by atoms with E-state index in [0.717, 1.165) is 19.4 Å². The Kier molecular flexibility index (Phi) is 6.49. The second-order valence-corrected chi connectivity index (χ2v) is 3.83. The molecule has 2 N–H and O–H groups in total. The zero-order valence-corrected chi connectivity index (χ0v) is 9.64. The average molecular weight is 202 g/mol. The Labute approximate surface area is 86.4 Å². The van der Waals surface area contributed by atoms with Crippen LogP contribution in [0.25, 0.3) is 0 Å². The van der Waals surface area contributed by atoms with Gasteiger partial charge in [-0.15, -0.1) is 0 Å². The first-order valence-electron chi connectivity index (χ1n) is 5.00. The van der Waals surface area contributed by atoms with Crippen molar-refractivity contribution in [2.75, 3.05) is 27.3 Å². The maximum atomic E-state index is 11.5. The Morgan fingerprint density at radius 3 is 2.50 bits per heavy atom. The molecule has 0 unspecified atom stereocenters. The summed E-state index contributed by atoms with van der Waals surface area (Å²) < 4.78 is 4.91. The molecule has 0 aliphatic heterocycles. The summed E-state index contributed by atoms with van der Waals surface area (Å²) in [5, 5.41) is 5.83. The molecule has 0 heterocycles. The van der Waals surface area contributed by atoms with E-state index in [0.29, 0.717) is 6.54 Å². The number of ether oxygens (including phenoxy) is 1. The molecule has 0 saturated carbocycles. The van der Waals surface area contributed by atoms with Crippen LogP contribution in [-0.4, -0.2) is 38.8 Å². The molecule has 0 spiro atoms. The van der Waals surface area contributed by atoms with Gasteiger partial charge in [-0.05, 0) is 33.7 Å². The van der Waals surface area contributed by atoms with Crippen molar-refractivity contribution in [2.24, 2.45) is 0 Å². The number of hydrogen-bond donors (Lipinski definition) is 2. The fourth-order valence-corrected chi connectivity index (χ4v) is 0.908. The van der Waals surface area contributed by atoms with E-state index in [1.807, 2.05) is 13.8 Å². The van der Waals surface area contributed by atoms with Crippen molar-refractivity contribution in [3.05, 3.63) is 0 Å². The van der Waals surface area contributed by atoms with Gasteiger partial charge in [-0.2, -0.15) is 0 Å². The highest BCUT2D eigenvalue weighted by Crippen LogP contribution is 2.00. The summed E-state index contributed by atoms with van der Waals surface area (Å²) in [4.78, 5) is 11.5. The highest BCUT2D eigenvalue weighted by atomic mass is 16.5. The number of amides is 1. The first kappa shape index (κ1) is 13.4. The van der Waals surface area contributed by atoms with Crippen LogP contribution in [0.3, 0.4) is 0 Å². The van der Waals surface area contributed by atoms with Crippen molar-refractivity contribution in [2.45, 2.75) is 32.2 Å². The zero-order chi connectivity index (χ0) is 11.0. The summed E-state index contributed by atoms with van der Waals surface area (Å²) in [6.07, 6.45) is 1.94. The summed E-state index contributed by atoms with van der Waals surface area (Å²) in [5.74, 6) is 0.0393. The molecule has 0 aliphatic rings. The van der Waals surface area contributed by atoms with Gasteiger partial charge in [0.1, 0.15) is 0 Å². The second kappa shape index (κ2) is 6.79. The SMILES string of the molecule is CNC(C)(C)C(=O)NCCCCOC. The third-order valence-corrected chi connectivity index (χ3v) is 2.25. The third kappa shape index (κ3) is 5.19. The monoisotopic (exact) mass is 202 g/mol. The number of carbonyl (C=O) groups is 1. The van der Waals surface area contributed by atoms with E-state index in [1.54, 1.807) is 14.2 Å². The van der Waals surface area contributed by atoms with Crippen LogP contribution in [0, 0.1) is 0 Å². The van der Waals surface area contributed by atoms with Gasteiger partial charge in [0, 0.05) is 20.3 Å². The highest BCUT2D eigenvalue weighted by Gasteiger charge is 2.24. The minimum atomic E-state index is -0.485. The van der Waals surface area contributed by atoms with E-state index in [-0.39, 0.29) is 5.91 Å². The fourth-order valence-electron chi connectivity index (χ4n) is 0.908. The predicted molar refractivity (Wildman–Crippen MR) is 57.3 cm³/mol. The fraction of sp³-hybridized carbons (Fsp3) is 0.900. The van der Waals surface area contributed by atoms with Crippen LogP contribution in [0.15, 0.2) is 0 Å². The molecule has 0 atom stereocenters. The Morgan fingerprint density at radius 2 is 2.00 bits per heavy atom. The largest absolute Gasteiger partial charge is 0.385 e. The van der Waals surface area contributed by atoms with Gasteiger partial charge in [-0.25, -0.2) is 0 Å². The van der Waals surface area contributed by atoms with E-state index < -0.39 is 5.54 Å². The van der Waals surface area contributed by atoms with Crippen molar-refractivity contribution < 1.29 is 9.53 Å². The Hall–Kier alpha value is -0.610. The van der Waals surface area contributed by atoms with E-state index in [1.165, 1.54) is 0 Å². The van der Waals surface area contributed by atoms with Crippen LogP contribution in [0.1, 0.15) is 26.7 Å². The Balaban J connectivity index is 3.54. The molecule has 0 aliphatic carbocycles. The van der Waals surface area contributed by atoms with Gasteiger partial charge >= 0.3 is 0 Å². The molecule has 4 heteroatoms. The van der Waals surface area contributed by atoms with Gasteiger partial charge in [0.25, 0.3) is 0 Å².